The predicted molar refractivity (Wildman–Crippen MR) is 52.5 cm³/mol. The van der Waals surface area contributed by atoms with Gasteiger partial charge in [-0.3, -0.25) is 0 Å². The predicted octanol–water partition coefficient (Wildman–Crippen LogP) is 3.35. The van der Waals surface area contributed by atoms with Gasteiger partial charge in [0, 0.05) is 15.1 Å². The summed E-state index contributed by atoms with van der Waals surface area (Å²) < 4.78 is 6.35. The Hall–Kier alpha value is -0.0500. The van der Waals surface area contributed by atoms with Gasteiger partial charge >= 0.3 is 0 Å². The van der Waals surface area contributed by atoms with Crippen molar-refractivity contribution in [1.29, 1.82) is 0 Å². The maximum absolute atomic E-state index is 6.04. The van der Waals surface area contributed by atoms with Crippen molar-refractivity contribution in [3.8, 4) is 0 Å². The molecule has 64 valence electrons. The van der Waals surface area contributed by atoms with Gasteiger partial charge in [0.15, 0.2) is 0 Å². The van der Waals surface area contributed by atoms with Crippen molar-refractivity contribution < 1.29 is 4.74 Å². The van der Waals surface area contributed by atoms with Crippen LogP contribution in [0, 0.1) is 0 Å². The van der Waals surface area contributed by atoms with Crippen molar-refractivity contribution in [1.82, 2.24) is 0 Å². The van der Waals surface area contributed by atoms with Crippen molar-refractivity contribution in [3.05, 3.63) is 33.3 Å². The molecule has 1 aromatic rings. The summed E-state index contributed by atoms with van der Waals surface area (Å²) in [4.78, 5) is 0. The van der Waals surface area contributed by atoms with Gasteiger partial charge in [-0.25, -0.2) is 0 Å². The van der Waals surface area contributed by atoms with Gasteiger partial charge < -0.3 is 4.74 Å². The number of rotatable bonds is 1. The molecule has 0 radical (unpaired) electrons. The van der Waals surface area contributed by atoms with Crippen LogP contribution in [0.1, 0.15) is 12.5 Å². The molecule has 0 spiro atoms. The van der Waals surface area contributed by atoms with Gasteiger partial charge in [-0.05, 0) is 19.1 Å². The molecular formula is C9H8BrClO. The van der Waals surface area contributed by atoms with Crippen LogP contribution in [-0.2, 0) is 10.3 Å². The van der Waals surface area contributed by atoms with Crippen LogP contribution in [0.5, 0.6) is 0 Å². The summed E-state index contributed by atoms with van der Waals surface area (Å²) in [6.45, 7) is 2.80. The fraction of sp³-hybridized carbons (Fsp3) is 0.333. The first kappa shape index (κ1) is 8.54. The van der Waals surface area contributed by atoms with Crippen LogP contribution in [0.3, 0.4) is 0 Å². The standard InChI is InChI=1S/C9H8BrClO/c1-9(5-12-9)8-6(10)3-2-4-7(8)11/h2-4H,5H2,1H3. The van der Waals surface area contributed by atoms with Gasteiger partial charge in [-0.1, -0.05) is 33.6 Å². The van der Waals surface area contributed by atoms with E-state index in [0.717, 1.165) is 21.7 Å². The maximum atomic E-state index is 6.04. The summed E-state index contributed by atoms with van der Waals surface area (Å²) in [5, 5.41) is 0.768. The van der Waals surface area contributed by atoms with Crippen LogP contribution >= 0.6 is 27.5 Å². The third kappa shape index (κ3) is 1.28. The number of ether oxygens (including phenoxy) is 1. The molecule has 0 aliphatic carbocycles. The first-order valence-electron chi connectivity index (χ1n) is 3.72. The van der Waals surface area contributed by atoms with E-state index < -0.39 is 0 Å². The van der Waals surface area contributed by atoms with Gasteiger partial charge in [0.25, 0.3) is 0 Å². The molecular weight excluding hydrogens is 239 g/mol. The van der Waals surface area contributed by atoms with E-state index in [9.17, 15) is 0 Å². The fourth-order valence-electron chi connectivity index (χ4n) is 1.26. The monoisotopic (exact) mass is 246 g/mol. The van der Waals surface area contributed by atoms with E-state index in [-0.39, 0.29) is 5.60 Å². The van der Waals surface area contributed by atoms with E-state index in [2.05, 4.69) is 15.9 Å². The molecule has 12 heavy (non-hydrogen) atoms. The van der Waals surface area contributed by atoms with Crippen molar-refractivity contribution >= 4 is 27.5 Å². The molecule has 1 aromatic carbocycles. The zero-order chi connectivity index (χ0) is 8.77. The minimum atomic E-state index is -0.156. The molecule has 1 nitrogen and oxygen atoms in total. The lowest BCUT2D eigenvalue weighted by Crippen LogP contribution is -2.03. The van der Waals surface area contributed by atoms with Crippen LogP contribution in [0.2, 0.25) is 5.02 Å². The molecule has 1 heterocycles. The second-order valence-electron chi connectivity index (χ2n) is 3.12. The Morgan fingerprint density at radius 1 is 1.58 bits per heavy atom. The Bertz CT molecular complexity index is 300. The summed E-state index contributed by atoms with van der Waals surface area (Å²) in [7, 11) is 0. The average Bonchev–Trinajstić information content (AvgIpc) is 2.68. The second-order valence-corrected chi connectivity index (χ2v) is 4.38. The number of epoxide rings is 1. The molecule has 0 aromatic heterocycles. The molecule has 1 aliphatic heterocycles. The van der Waals surface area contributed by atoms with E-state index in [4.69, 9.17) is 16.3 Å². The summed E-state index contributed by atoms with van der Waals surface area (Å²) in [6, 6.07) is 5.78. The largest absolute Gasteiger partial charge is 0.365 e. The Morgan fingerprint density at radius 3 is 2.75 bits per heavy atom. The molecule has 1 saturated heterocycles. The lowest BCUT2D eigenvalue weighted by atomic mass is 10.0. The molecule has 0 amide bonds. The highest BCUT2D eigenvalue weighted by atomic mass is 79.9. The quantitative estimate of drug-likeness (QED) is 0.694. The topological polar surface area (TPSA) is 12.5 Å². The molecule has 2 rings (SSSR count). The van der Waals surface area contributed by atoms with Crippen LogP contribution in [-0.4, -0.2) is 6.61 Å². The fourth-order valence-corrected chi connectivity index (χ4v) is 2.53. The van der Waals surface area contributed by atoms with Crippen LogP contribution in [0.15, 0.2) is 22.7 Å². The molecule has 0 N–H and O–H groups in total. The van der Waals surface area contributed by atoms with Crippen LogP contribution < -0.4 is 0 Å². The molecule has 0 bridgehead atoms. The summed E-state index contributed by atoms with van der Waals surface area (Å²) in [5.41, 5.74) is 0.906. The van der Waals surface area contributed by atoms with Crippen molar-refractivity contribution in [2.45, 2.75) is 12.5 Å². The number of benzene rings is 1. The number of hydrogen-bond acceptors (Lipinski definition) is 1. The van der Waals surface area contributed by atoms with E-state index in [1.54, 1.807) is 0 Å². The van der Waals surface area contributed by atoms with Gasteiger partial charge in [0.2, 0.25) is 0 Å². The Morgan fingerprint density at radius 2 is 2.25 bits per heavy atom. The SMILES string of the molecule is CC1(c2c(Cl)cccc2Br)CO1. The minimum absolute atomic E-state index is 0.156. The zero-order valence-electron chi connectivity index (χ0n) is 6.60. The van der Waals surface area contributed by atoms with Gasteiger partial charge in [-0.2, -0.15) is 0 Å². The third-order valence-electron chi connectivity index (χ3n) is 2.07. The highest BCUT2D eigenvalue weighted by Crippen LogP contribution is 2.44. The first-order valence-corrected chi connectivity index (χ1v) is 4.89. The highest BCUT2D eigenvalue weighted by Gasteiger charge is 2.43. The molecule has 3 heteroatoms. The number of halogens is 2. The van der Waals surface area contributed by atoms with E-state index in [1.165, 1.54) is 0 Å². The lowest BCUT2D eigenvalue weighted by molar-refractivity contribution is 0.329. The Labute approximate surface area is 84.8 Å². The molecule has 1 atom stereocenters. The van der Waals surface area contributed by atoms with Gasteiger partial charge in [-0.15, -0.1) is 0 Å². The minimum Gasteiger partial charge on any atom is -0.365 e. The normalized spacial score (nSPS) is 27.2. The van der Waals surface area contributed by atoms with Gasteiger partial charge in [0.05, 0.1) is 6.61 Å². The molecule has 1 fully saturated rings. The Kier molecular flexibility index (Phi) is 1.94. The summed E-state index contributed by atoms with van der Waals surface area (Å²) >= 11 is 9.50. The van der Waals surface area contributed by atoms with E-state index in [0.29, 0.717) is 0 Å². The second kappa shape index (κ2) is 2.72. The van der Waals surface area contributed by atoms with Crippen LogP contribution in [0.4, 0.5) is 0 Å². The first-order chi connectivity index (χ1) is 5.63. The zero-order valence-corrected chi connectivity index (χ0v) is 8.95. The molecule has 1 unspecified atom stereocenters. The third-order valence-corrected chi connectivity index (χ3v) is 3.04. The molecule has 0 saturated carbocycles. The summed E-state index contributed by atoms with van der Waals surface area (Å²) in [6.07, 6.45) is 0. The maximum Gasteiger partial charge on any atom is 0.116 e. The Balaban J connectivity index is 2.55. The van der Waals surface area contributed by atoms with Crippen molar-refractivity contribution in [3.63, 3.8) is 0 Å². The van der Waals surface area contributed by atoms with E-state index >= 15 is 0 Å². The van der Waals surface area contributed by atoms with E-state index in [1.807, 2.05) is 25.1 Å². The van der Waals surface area contributed by atoms with Gasteiger partial charge in [0.1, 0.15) is 5.60 Å². The average molecular weight is 248 g/mol. The van der Waals surface area contributed by atoms with Crippen molar-refractivity contribution in [2.75, 3.05) is 6.61 Å². The smallest absolute Gasteiger partial charge is 0.116 e. The highest BCUT2D eigenvalue weighted by molar-refractivity contribution is 9.10. The number of hydrogen-bond donors (Lipinski definition) is 0. The molecule has 1 aliphatic rings. The van der Waals surface area contributed by atoms with Crippen molar-refractivity contribution in [2.24, 2.45) is 0 Å². The lowest BCUT2D eigenvalue weighted by Gasteiger charge is -2.09. The summed E-state index contributed by atoms with van der Waals surface area (Å²) in [5.74, 6) is 0. The van der Waals surface area contributed by atoms with Crippen LogP contribution in [0.25, 0.3) is 0 Å².